The van der Waals surface area contributed by atoms with Gasteiger partial charge >= 0.3 is 0 Å². The lowest BCUT2D eigenvalue weighted by atomic mass is 10.0. The van der Waals surface area contributed by atoms with Crippen molar-refractivity contribution in [2.24, 2.45) is 5.73 Å². The number of nitrogens with one attached hydrogen (secondary N) is 1. The first-order chi connectivity index (χ1) is 10.3. The molecule has 1 unspecified atom stereocenters. The van der Waals surface area contributed by atoms with Gasteiger partial charge in [0.1, 0.15) is 5.75 Å². The molecule has 0 fully saturated rings. The fraction of sp³-hybridized carbons (Fsp3) is 0.412. The standard InChI is InChI=1S/C17H24N2O2/c1-21-16-7-6-13-10-15(5-4-14(13)11-16)17(12-18)19-8-2-3-9-20/h4-7,10-11,17,19-20H,2-3,8-9,12,18H2,1H3. The van der Waals surface area contributed by atoms with E-state index in [9.17, 15) is 0 Å². The summed E-state index contributed by atoms with van der Waals surface area (Å²) in [7, 11) is 1.68. The summed E-state index contributed by atoms with van der Waals surface area (Å²) in [5.41, 5.74) is 7.07. The van der Waals surface area contributed by atoms with Gasteiger partial charge in [-0.15, -0.1) is 0 Å². The predicted molar refractivity (Wildman–Crippen MR) is 86.6 cm³/mol. The van der Waals surface area contributed by atoms with E-state index in [1.807, 2.05) is 12.1 Å². The average molecular weight is 288 g/mol. The predicted octanol–water partition coefficient (Wildman–Crippen LogP) is 2.21. The number of benzene rings is 2. The number of aliphatic hydroxyl groups excluding tert-OH is 1. The number of rotatable bonds is 8. The molecule has 0 aromatic heterocycles. The minimum atomic E-state index is 0.148. The first-order valence-electron chi connectivity index (χ1n) is 7.40. The Hall–Kier alpha value is -1.62. The molecule has 2 rings (SSSR count). The maximum absolute atomic E-state index is 8.80. The molecule has 4 nitrogen and oxygen atoms in total. The van der Waals surface area contributed by atoms with Gasteiger partial charge in [0.2, 0.25) is 0 Å². The summed E-state index contributed by atoms with van der Waals surface area (Å²) < 4.78 is 5.24. The van der Waals surface area contributed by atoms with E-state index in [2.05, 4.69) is 29.6 Å². The van der Waals surface area contributed by atoms with E-state index in [0.29, 0.717) is 6.54 Å². The van der Waals surface area contributed by atoms with E-state index in [0.717, 1.165) is 30.5 Å². The Kier molecular flexibility index (Phi) is 5.99. The molecule has 2 aromatic rings. The van der Waals surface area contributed by atoms with Crippen molar-refractivity contribution >= 4 is 10.8 Å². The minimum Gasteiger partial charge on any atom is -0.497 e. The summed E-state index contributed by atoms with van der Waals surface area (Å²) in [6, 6.07) is 12.6. The van der Waals surface area contributed by atoms with Gasteiger partial charge in [-0.3, -0.25) is 0 Å². The van der Waals surface area contributed by atoms with E-state index < -0.39 is 0 Å². The molecule has 0 amide bonds. The Balaban J connectivity index is 2.12. The molecule has 0 aliphatic heterocycles. The zero-order chi connectivity index (χ0) is 15.1. The third kappa shape index (κ3) is 4.17. The van der Waals surface area contributed by atoms with Gasteiger partial charge in [0.15, 0.2) is 0 Å². The second-order valence-electron chi connectivity index (χ2n) is 5.15. The number of unbranched alkanes of at least 4 members (excludes halogenated alkanes) is 1. The van der Waals surface area contributed by atoms with Crippen LogP contribution in [0.4, 0.5) is 0 Å². The maximum Gasteiger partial charge on any atom is 0.119 e. The Morgan fingerprint density at radius 1 is 1.14 bits per heavy atom. The minimum absolute atomic E-state index is 0.148. The molecule has 0 aliphatic rings. The van der Waals surface area contributed by atoms with Gasteiger partial charge in [0.05, 0.1) is 7.11 Å². The van der Waals surface area contributed by atoms with Crippen molar-refractivity contribution in [3.05, 3.63) is 42.0 Å². The van der Waals surface area contributed by atoms with Gasteiger partial charge in [-0.2, -0.15) is 0 Å². The van der Waals surface area contributed by atoms with Crippen molar-refractivity contribution in [3.8, 4) is 5.75 Å². The Morgan fingerprint density at radius 3 is 2.62 bits per heavy atom. The van der Waals surface area contributed by atoms with Crippen LogP contribution in [0.2, 0.25) is 0 Å². The third-order valence-corrected chi connectivity index (χ3v) is 3.69. The molecule has 114 valence electrons. The molecule has 4 heteroatoms. The molecular weight excluding hydrogens is 264 g/mol. The van der Waals surface area contributed by atoms with Crippen LogP contribution in [0, 0.1) is 0 Å². The normalized spacial score (nSPS) is 12.5. The van der Waals surface area contributed by atoms with Crippen LogP contribution < -0.4 is 15.8 Å². The molecular formula is C17H24N2O2. The summed E-state index contributed by atoms with van der Waals surface area (Å²) in [5.74, 6) is 0.868. The second kappa shape index (κ2) is 7.98. The second-order valence-corrected chi connectivity index (χ2v) is 5.15. The lowest BCUT2D eigenvalue weighted by Gasteiger charge is -2.18. The molecule has 0 aliphatic carbocycles. The van der Waals surface area contributed by atoms with Crippen molar-refractivity contribution in [3.63, 3.8) is 0 Å². The van der Waals surface area contributed by atoms with E-state index in [-0.39, 0.29) is 12.6 Å². The Bertz CT molecular complexity index is 572. The number of hydrogen-bond donors (Lipinski definition) is 3. The van der Waals surface area contributed by atoms with Gasteiger partial charge in [-0.05, 0) is 53.9 Å². The zero-order valence-corrected chi connectivity index (χ0v) is 12.5. The van der Waals surface area contributed by atoms with Crippen LogP contribution in [0.5, 0.6) is 5.75 Å². The Labute approximate surface area is 125 Å². The lowest BCUT2D eigenvalue weighted by Crippen LogP contribution is -2.29. The number of aliphatic hydroxyl groups is 1. The van der Waals surface area contributed by atoms with Crippen molar-refractivity contribution in [2.75, 3.05) is 26.8 Å². The Morgan fingerprint density at radius 2 is 1.90 bits per heavy atom. The number of nitrogens with two attached hydrogens (primary N) is 1. The zero-order valence-electron chi connectivity index (χ0n) is 12.5. The van der Waals surface area contributed by atoms with Crippen LogP contribution in [0.25, 0.3) is 10.8 Å². The maximum atomic E-state index is 8.80. The third-order valence-electron chi connectivity index (χ3n) is 3.69. The number of fused-ring (bicyclic) bond motifs is 1. The number of hydrogen-bond acceptors (Lipinski definition) is 4. The summed E-state index contributed by atoms with van der Waals surface area (Å²) in [6.45, 7) is 1.66. The van der Waals surface area contributed by atoms with Gasteiger partial charge in [-0.25, -0.2) is 0 Å². The smallest absolute Gasteiger partial charge is 0.119 e. The molecule has 0 heterocycles. The molecule has 0 radical (unpaired) electrons. The largest absolute Gasteiger partial charge is 0.497 e. The highest BCUT2D eigenvalue weighted by Gasteiger charge is 2.09. The molecule has 0 bridgehead atoms. The quantitative estimate of drug-likeness (QED) is 0.652. The fourth-order valence-electron chi connectivity index (χ4n) is 2.44. The van der Waals surface area contributed by atoms with Crippen molar-refractivity contribution in [1.29, 1.82) is 0 Å². The van der Waals surface area contributed by atoms with Crippen LogP contribution >= 0.6 is 0 Å². The van der Waals surface area contributed by atoms with Crippen LogP contribution in [0.3, 0.4) is 0 Å². The van der Waals surface area contributed by atoms with Gasteiger partial charge < -0.3 is 20.9 Å². The molecule has 1 atom stereocenters. The SMILES string of the molecule is COc1ccc2cc(C(CN)NCCCCO)ccc2c1. The lowest BCUT2D eigenvalue weighted by molar-refractivity contribution is 0.282. The monoisotopic (exact) mass is 288 g/mol. The van der Waals surface area contributed by atoms with Crippen LogP contribution in [0.1, 0.15) is 24.4 Å². The average Bonchev–Trinajstić information content (AvgIpc) is 2.54. The molecule has 21 heavy (non-hydrogen) atoms. The molecule has 0 saturated heterocycles. The molecule has 4 N–H and O–H groups in total. The fourth-order valence-corrected chi connectivity index (χ4v) is 2.44. The summed E-state index contributed by atoms with van der Waals surface area (Å²) in [4.78, 5) is 0. The summed E-state index contributed by atoms with van der Waals surface area (Å²) in [5, 5.41) is 14.6. The number of ether oxygens (including phenoxy) is 1. The molecule has 2 aromatic carbocycles. The highest BCUT2D eigenvalue weighted by atomic mass is 16.5. The highest BCUT2D eigenvalue weighted by molar-refractivity contribution is 5.84. The molecule has 0 spiro atoms. The van der Waals surface area contributed by atoms with E-state index in [1.165, 1.54) is 10.9 Å². The van der Waals surface area contributed by atoms with Crippen LogP contribution in [0.15, 0.2) is 36.4 Å². The summed E-state index contributed by atoms with van der Waals surface area (Å²) in [6.07, 6.45) is 1.78. The van der Waals surface area contributed by atoms with E-state index >= 15 is 0 Å². The van der Waals surface area contributed by atoms with Crippen LogP contribution in [-0.4, -0.2) is 31.9 Å². The van der Waals surface area contributed by atoms with Gasteiger partial charge in [-0.1, -0.05) is 18.2 Å². The van der Waals surface area contributed by atoms with Gasteiger partial charge in [0.25, 0.3) is 0 Å². The van der Waals surface area contributed by atoms with Crippen molar-refractivity contribution < 1.29 is 9.84 Å². The van der Waals surface area contributed by atoms with Crippen molar-refractivity contribution in [2.45, 2.75) is 18.9 Å². The first kappa shape index (κ1) is 15.8. The molecule has 0 saturated carbocycles. The van der Waals surface area contributed by atoms with Crippen LogP contribution in [-0.2, 0) is 0 Å². The van der Waals surface area contributed by atoms with Crippen molar-refractivity contribution in [1.82, 2.24) is 5.32 Å². The summed E-state index contributed by atoms with van der Waals surface area (Å²) >= 11 is 0. The first-order valence-corrected chi connectivity index (χ1v) is 7.40. The van der Waals surface area contributed by atoms with E-state index in [4.69, 9.17) is 15.6 Å². The topological polar surface area (TPSA) is 67.5 Å². The van der Waals surface area contributed by atoms with E-state index in [1.54, 1.807) is 7.11 Å². The number of methoxy groups -OCH3 is 1. The van der Waals surface area contributed by atoms with Gasteiger partial charge in [0, 0.05) is 19.2 Å². The highest BCUT2D eigenvalue weighted by Crippen LogP contribution is 2.24.